The number of hydrogen-bond donors (Lipinski definition) is 2. The van der Waals surface area contributed by atoms with Gasteiger partial charge in [0, 0.05) is 29.2 Å². The van der Waals surface area contributed by atoms with Crippen LogP contribution < -0.4 is 10.0 Å². The predicted molar refractivity (Wildman–Crippen MR) is 116 cm³/mol. The van der Waals surface area contributed by atoms with Crippen LogP contribution >= 0.6 is 0 Å². The van der Waals surface area contributed by atoms with Gasteiger partial charge in [0.2, 0.25) is 5.95 Å². The Morgan fingerprint density at radius 3 is 2.24 bits per heavy atom. The van der Waals surface area contributed by atoms with Gasteiger partial charge in [-0.2, -0.15) is 0 Å². The fraction of sp³-hybridized carbons (Fsp3) is 0.105. The van der Waals surface area contributed by atoms with Crippen LogP contribution in [0, 0.1) is 34.1 Å². The molecule has 0 atom stereocenters. The molecule has 3 aromatic rings. The molecule has 0 aliphatic heterocycles. The molecule has 0 bridgehead atoms. The number of amides is 1. The molecule has 13 nitrogen and oxygen atoms in total. The van der Waals surface area contributed by atoms with Crippen LogP contribution in [0.1, 0.15) is 21.6 Å². The lowest BCUT2D eigenvalue weighted by Crippen LogP contribution is -2.16. The number of nitro groups is 2. The fourth-order valence-electron chi connectivity index (χ4n) is 2.81. The van der Waals surface area contributed by atoms with Gasteiger partial charge in [0.25, 0.3) is 27.3 Å². The van der Waals surface area contributed by atoms with Crippen molar-refractivity contribution >= 4 is 38.9 Å². The smallest absolute Gasteiger partial charge is 0.279 e. The van der Waals surface area contributed by atoms with Gasteiger partial charge >= 0.3 is 0 Å². The lowest BCUT2D eigenvalue weighted by atomic mass is 10.0. The van der Waals surface area contributed by atoms with Crippen molar-refractivity contribution in [3.8, 4) is 0 Å². The Kier molecular flexibility index (Phi) is 6.30. The van der Waals surface area contributed by atoms with Gasteiger partial charge < -0.3 is 5.32 Å². The topological polar surface area (TPSA) is 187 Å². The fourth-order valence-corrected chi connectivity index (χ4v) is 3.76. The van der Waals surface area contributed by atoms with Crippen LogP contribution in [0.2, 0.25) is 0 Å². The molecule has 2 aromatic carbocycles. The van der Waals surface area contributed by atoms with E-state index in [4.69, 9.17) is 0 Å². The highest BCUT2D eigenvalue weighted by Crippen LogP contribution is 2.28. The van der Waals surface area contributed by atoms with E-state index in [1.54, 1.807) is 13.0 Å². The van der Waals surface area contributed by atoms with E-state index in [-0.39, 0.29) is 27.7 Å². The number of anilines is 2. The maximum atomic E-state index is 12.6. The predicted octanol–water partition coefficient (Wildman–Crippen LogP) is 2.96. The second kappa shape index (κ2) is 8.96. The number of aromatic nitrogens is 2. The largest absolute Gasteiger partial charge is 0.322 e. The van der Waals surface area contributed by atoms with Crippen molar-refractivity contribution in [2.24, 2.45) is 0 Å². The Hall–Kier alpha value is -4.46. The minimum absolute atomic E-state index is 0.0512. The third-order valence-electron chi connectivity index (χ3n) is 4.46. The monoisotopic (exact) mass is 472 g/mol. The molecule has 0 saturated carbocycles. The summed E-state index contributed by atoms with van der Waals surface area (Å²) in [7, 11) is -4.00. The molecule has 1 heterocycles. The van der Waals surface area contributed by atoms with Crippen LogP contribution in [0.4, 0.5) is 23.0 Å². The van der Waals surface area contributed by atoms with Crippen molar-refractivity contribution in [1.82, 2.24) is 9.97 Å². The Morgan fingerprint density at radius 2 is 1.67 bits per heavy atom. The van der Waals surface area contributed by atoms with E-state index in [9.17, 15) is 33.4 Å². The summed E-state index contributed by atoms with van der Waals surface area (Å²) < 4.78 is 27.3. The molecule has 0 unspecified atom stereocenters. The molecule has 14 heteroatoms. The minimum atomic E-state index is -4.00. The molecule has 33 heavy (non-hydrogen) atoms. The molecule has 0 spiro atoms. The number of carbonyl (C=O) groups is 1. The van der Waals surface area contributed by atoms with Crippen LogP contribution in [-0.4, -0.2) is 34.1 Å². The Morgan fingerprint density at radius 1 is 1.00 bits per heavy atom. The van der Waals surface area contributed by atoms with Crippen molar-refractivity contribution < 1.29 is 23.1 Å². The van der Waals surface area contributed by atoms with Gasteiger partial charge in [-0.15, -0.1) is 0 Å². The zero-order chi connectivity index (χ0) is 24.3. The Bertz CT molecular complexity index is 1370. The zero-order valence-corrected chi connectivity index (χ0v) is 18.0. The normalized spacial score (nSPS) is 11.0. The van der Waals surface area contributed by atoms with Gasteiger partial charge in [0.05, 0.1) is 26.4 Å². The zero-order valence-electron chi connectivity index (χ0n) is 17.2. The number of sulfonamides is 1. The minimum Gasteiger partial charge on any atom is -0.322 e. The summed E-state index contributed by atoms with van der Waals surface area (Å²) in [6.45, 7) is 2.97. The van der Waals surface area contributed by atoms with Gasteiger partial charge in [0.15, 0.2) is 0 Å². The molecular weight excluding hydrogens is 456 g/mol. The molecule has 0 aliphatic rings. The van der Waals surface area contributed by atoms with Crippen molar-refractivity contribution in [3.05, 3.63) is 85.7 Å². The molecule has 0 aliphatic carbocycles. The van der Waals surface area contributed by atoms with Crippen LogP contribution in [0.5, 0.6) is 0 Å². The highest BCUT2D eigenvalue weighted by Gasteiger charge is 2.25. The van der Waals surface area contributed by atoms with E-state index >= 15 is 0 Å². The van der Waals surface area contributed by atoms with Crippen LogP contribution in [0.25, 0.3) is 0 Å². The van der Waals surface area contributed by atoms with Gasteiger partial charge in [-0.1, -0.05) is 0 Å². The molecule has 0 saturated heterocycles. The maximum Gasteiger partial charge on any atom is 0.279 e. The second-order valence-electron chi connectivity index (χ2n) is 6.76. The number of non-ortho nitro benzene ring substituents is 1. The lowest BCUT2D eigenvalue weighted by molar-refractivity contribution is -0.394. The number of benzene rings is 2. The Balaban J connectivity index is 1.83. The first kappa shape index (κ1) is 23.2. The molecule has 2 N–H and O–H groups in total. The van der Waals surface area contributed by atoms with Crippen molar-refractivity contribution in [1.29, 1.82) is 0 Å². The molecule has 0 fully saturated rings. The molecule has 3 rings (SSSR count). The summed E-state index contributed by atoms with van der Waals surface area (Å²) in [5.74, 6) is -0.934. The Labute approximate surface area is 186 Å². The molecular formula is C19H16N6O7S. The van der Waals surface area contributed by atoms with E-state index in [1.807, 2.05) is 0 Å². The third-order valence-corrected chi connectivity index (χ3v) is 5.80. The highest BCUT2D eigenvalue weighted by atomic mass is 32.2. The van der Waals surface area contributed by atoms with Gasteiger partial charge in [-0.05, 0) is 44.2 Å². The number of nitro benzene ring substituents is 2. The average molecular weight is 472 g/mol. The lowest BCUT2D eigenvalue weighted by Gasteiger charge is -2.10. The van der Waals surface area contributed by atoms with Gasteiger partial charge in [0.1, 0.15) is 0 Å². The summed E-state index contributed by atoms with van der Waals surface area (Å²) in [5.41, 5.74) is -0.754. The van der Waals surface area contributed by atoms with Gasteiger partial charge in [-0.25, -0.2) is 23.1 Å². The van der Waals surface area contributed by atoms with Crippen LogP contribution in [0.15, 0.2) is 53.6 Å². The van der Waals surface area contributed by atoms with E-state index in [0.717, 1.165) is 12.1 Å². The summed E-state index contributed by atoms with van der Waals surface area (Å²) in [6, 6.07) is 8.34. The number of nitrogens with one attached hydrogen (secondary N) is 2. The molecule has 1 amide bonds. The number of rotatable bonds is 7. The highest BCUT2D eigenvalue weighted by molar-refractivity contribution is 7.92. The molecule has 170 valence electrons. The van der Waals surface area contributed by atoms with Crippen LogP contribution in [0.3, 0.4) is 0 Å². The third kappa shape index (κ3) is 5.24. The summed E-state index contributed by atoms with van der Waals surface area (Å²) in [4.78, 5) is 40.9. The van der Waals surface area contributed by atoms with E-state index in [2.05, 4.69) is 20.0 Å². The van der Waals surface area contributed by atoms with E-state index in [0.29, 0.717) is 5.69 Å². The van der Waals surface area contributed by atoms with Crippen molar-refractivity contribution in [3.63, 3.8) is 0 Å². The van der Waals surface area contributed by atoms with E-state index < -0.39 is 37.2 Å². The molecule has 0 radical (unpaired) electrons. The number of hydrogen-bond acceptors (Lipinski definition) is 9. The maximum absolute atomic E-state index is 12.6. The first-order valence-electron chi connectivity index (χ1n) is 9.15. The van der Waals surface area contributed by atoms with Crippen molar-refractivity contribution in [2.45, 2.75) is 18.7 Å². The second-order valence-corrected chi connectivity index (χ2v) is 8.44. The summed E-state index contributed by atoms with van der Waals surface area (Å²) >= 11 is 0. The average Bonchev–Trinajstić information content (AvgIpc) is 2.73. The summed E-state index contributed by atoms with van der Waals surface area (Å²) in [5, 5.41) is 24.7. The number of carbonyl (C=O) groups excluding carboxylic acids is 1. The van der Waals surface area contributed by atoms with Gasteiger partial charge in [-0.3, -0.25) is 25.0 Å². The molecule has 1 aromatic heterocycles. The van der Waals surface area contributed by atoms with Crippen molar-refractivity contribution in [2.75, 3.05) is 10.0 Å². The van der Waals surface area contributed by atoms with Crippen LogP contribution in [-0.2, 0) is 10.0 Å². The standard InChI is InChI=1S/C19H16N6O7S/c1-11-7-8-20-19(21-11)23-33(31,32)15-5-3-13(4-6-15)22-18(26)16-9-14(24(27)28)10-17(12(16)2)25(29)30/h3-10H,1-2H3,(H,22,26)(H,20,21,23). The van der Waals surface area contributed by atoms with E-state index in [1.165, 1.54) is 37.4 Å². The summed E-state index contributed by atoms with van der Waals surface area (Å²) in [6.07, 6.45) is 1.40. The quantitative estimate of drug-likeness (QED) is 0.385. The first-order chi connectivity index (χ1) is 15.5. The first-order valence-corrected chi connectivity index (χ1v) is 10.6. The number of nitrogens with zero attached hydrogens (tertiary/aromatic N) is 4. The SMILES string of the molecule is Cc1ccnc(NS(=O)(=O)c2ccc(NC(=O)c3cc([N+](=O)[O-])cc([N+](=O)[O-])c3C)cc2)n1. The number of aryl methyl sites for hydroxylation is 1.